The maximum Gasteiger partial charge on any atom is 0.270 e. The first kappa shape index (κ1) is 19.4. The van der Waals surface area contributed by atoms with E-state index in [2.05, 4.69) is 17.2 Å². The van der Waals surface area contributed by atoms with E-state index in [4.69, 9.17) is 10.5 Å². The number of nitro groups is 1. The Hall–Kier alpha value is -1.58. The molecular formula is C13H21IN4O3. The first-order chi connectivity index (χ1) is 9.58. The highest BCUT2D eigenvalue weighted by molar-refractivity contribution is 14.0. The molecule has 8 heteroatoms. The van der Waals surface area contributed by atoms with Crippen molar-refractivity contribution in [3.05, 3.63) is 33.9 Å². The Labute approximate surface area is 141 Å². The molecule has 0 heterocycles. The number of ether oxygens (including phenoxy) is 1. The molecule has 0 bridgehead atoms. The number of benzene rings is 1. The van der Waals surface area contributed by atoms with Crippen LogP contribution >= 0.6 is 24.0 Å². The second kappa shape index (κ2) is 10.2. The molecular weight excluding hydrogens is 387 g/mol. The molecule has 0 aliphatic carbocycles. The molecule has 3 N–H and O–H groups in total. The highest BCUT2D eigenvalue weighted by Gasteiger charge is 2.10. The van der Waals surface area contributed by atoms with Crippen LogP contribution in [0.2, 0.25) is 0 Å². The Bertz CT molecular complexity index is 494. The topological polar surface area (TPSA) is 103 Å². The molecule has 0 atom stereocenters. The van der Waals surface area contributed by atoms with Gasteiger partial charge in [-0.3, -0.25) is 10.1 Å². The highest BCUT2D eigenvalue weighted by Crippen LogP contribution is 2.24. The summed E-state index contributed by atoms with van der Waals surface area (Å²) in [6.45, 7) is 3.08. The van der Waals surface area contributed by atoms with Gasteiger partial charge in [0.15, 0.2) is 5.96 Å². The van der Waals surface area contributed by atoms with E-state index >= 15 is 0 Å². The first-order valence-electron chi connectivity index (χ1n) is 6.43. The van der Waals surface area contributed by atoms with Crippen LogP contribution in [0.5, 0.6) is 5.75 Å². The Morgan fingerprint density at radius 1 is 1.52 bits per heavy atom. The molecule has 118 valence electrons. The fraction of sp³-hybridized carbons (Fsp3) is 0.462. The number of non-ortho nitro benzene ring substituents is 1. The van der Waals surface area contributed by atoms with E-state index < -0.39 is 4.92 Å². The molecule has 0 amide bonds. The average Bonchev–Trinajstić information content (AvgIpc) is 2.45. The third-order valence-electron chi connectivity index (χ3n) is 2.73. The lowest BCUT2D eigenvalue weighted by atomic mass is 10.2. The van der Waals surface area contributed by atoms with E-state index in [0.717, 1.165) is 19.4 Å². The van der Waals surface area contributed by atoms with Gasteiger partial charge >= 0.3 is 0 Å². The monoisotopic (exact) mass is 408 g/mol. The molecule has 0 fully saturated rings. The van der Waals surface area contributed by atoms with E-state index in [0.29, 0.717) is 17.3 Å². The maximum absolute atomic E-state index is 10.8. The van der Waals surface area contributed by atoms with Crippen molar-refractivity contribution in [2.24, 2.45) is 10.7 Å². The van der Waals surface area contributed by atoms with Gasteiger partial charge in [-0.15, -0.1) is 24.0 Å². The molecule has 0 unspecified atom stereocenters. The molecule has 0 saturated carbocycles. The SMILES string of the molecule is CCCCNC(N)=NCc1cc([N+](=O)[O-])ccc1OC.I. The van der Waals surface area contributed by atoms with Crippen LogP contribution in [0.4, 0.5) is 5.69 Å². The van der Waals surface area contributed by atoms with Crippen molar-refractivity contribution in [2.75, 3.05) is 13.7 Å². The molecule has 0 aliphatic rings. The number of guanidine groups is 1. The number of methoxy groups -OCH3 is 1. The second-order valence-electron chi connectivity index (χ2n) is 4.24. The predicted octanol–water partition coefficient (Wildman–Crippen LogP) is 2.43. The van der Waals surface area contributed by atoms with Crippen molar-refractivity contribution >= 4 is 35.6 Å². The van der Waals surface area contributed by atoms with Crippen molar-refractivity contribution in [1.82, 2.24) is 5.32 Å². The summed E-state index contributed by atoms with van der Waals surface area (Å²) < 4.78 is 5.16. The average molecular weight is 408 g/mol. The lowest BCUT2D eigenvalue weighted by molar-refractivity contribution is -0.384. The van der Waals surface area contributed by atoms with E-state index in [9.17, 15) is 10.1 Å². The van der Waals surface area contributed by atoms with Crippen LogP contribution in [0.1, 0.15) is 25.3 Å². The van der Waals surface area contributed by atoms with Crippen molar-refractivity contribution in [3.8, 4) is 5.75 Å². The van der Waals surface area contributed by atoms with Crippen LogP contribution < -0.4 is 15.8 Å². The van der Waals surface area contributed by atoms with Crippen molar-refractivity contribution in [1.29, 1.82) is 0 Å². The Kier molecular flexibility index (Phi) is 9.42. The summed E-state index contributed by atoms with van der Waals surface area (Å²) in [6.07, 6.45) is 2.08. The van der Waals surface area contributed by atoms with Gasteiger partial charge in [-0.25, -0.2) is 4.99 Å². The Balaban J connectivity index is 0.00000400. The third-order valence-corrected chi connectivity index (χ3v) is 2.73. The molecule has 1 aromatic rings. The summed E-state index contributed by atoms with van der Waals surface area (Å²) in [5, 5.41) is 13.7. The largest absolute Gasteiger partial charge is 0.496 e. The molecule has 0 radical (unpaired) electrons. The number of nitrogens with two attached hydrogens (primary N) is 1. The van der Waals surface area contributed by atoms with Crippen molar-refractivity contribution in [2.45, 2.75) is 26.3 Å². The number of nitrogens with zero attached hydrogens (tertiary/aromatic N) is 2. The van der Waals surface area contributed by atoms with Gasteiger partial charge in [0.2, 0.25) is 0 Å². The zero-order chi connectivity index (χ0) is 15.0. The third kappa shape index (κ3) is 6.61. The van der Waals surface area contributed by atoms with Crippen LogP contribution in [0.3, 0.4) is 0 Å². The minimum absolute atomic E-state index is 0. The quantitative estimate of drug-likeness (QED) is 0.180. The number of unbranched alkanes of at least 4 members (excludes halogenated alkanes) is 1. The smallest absolute Gasteiger partial charge is 0.270 e. The number of aliphatic imine (C=N–C) groups is 1. The van der Waals surface area contributed by atoms with Gasteiger partial charge in [0, 0.05) is 24.2 Å². The second-order valence-corrected chi connectivity index (χ2v) is 4.24. The van der Waals surface area contributed by atoms with Crippen LogP contribution in [-0.2, 0) is 6.54 Å². The zero-order valence-corrected chi connectivity index (χ0v) is 14.5. The van der Waals surface area contributed by atoms with Gasteiger partial charge in [-0.05, 0) is 12.5 Å². The molecule has 0 aliphatic heterocycles. The van der Waals surface area contributed by atoms with E-state index in [-0.39, 0.29) is 36.2 Å². The summed E-state index contributed by atoms with van der Waals surface area (Å²) in [7, 11) is 1.51. The van der Waals surface area contributed by atoms with Gasteiger partial charge in [-0.2, -0.15) is 0 Å². The summed E-state index contributed by atoms with van der Waals surface area (Å²) >= 11 is 0. The molecule has 0 aromatic heterocycles. The van der Waals surface area contributed by atoms with E-state index in [1.54, 1.807) is 6.07 Å². The molecule has 7 nitrogen and oxygen atoms in total. The Morgan fingerprint density at radius 2 is 2.24 bits per heavy atom. The van der Waals surface area contributed by atoms with Crippen LogP contribution in [-0.4, -0.2) is 24.5 Å². The molecule has 1 aromatic carbocycles. The number of nitro benzene ring substituents is 1. The fourth-order valence-electron chi connectivity index (χ4n) is 1.62. The number of nitrogens with one attached hydrogen (secondary N) is 1. The molecule has 0 spiro atoms. The van der Waals surface area contributed by atoms with Gasteiger partial charge in [-0.1, -0.05) is 13.3 Å². The minimum atomic E-state index is -0.449. The fourth-order valence-corrected chi connectivity index (χ4v) is 1.62. The maximum atomic E-state index is 10.8. The molecule has 0 saturated heterocycles. The molecule has 21 heavy (non-hydrogen) atoms. The first-order valence-corrected chi connectivity index (χ1v) is 6.43. The summed E-state index contributed by atoms with van der Waals surface area (Å²) in [6, 6.07) is 4.40. The lowest BCUT2D eigenvalue weighted by Crippen LogP contribution is -2.32. The van der Waals surface area contributed by atoms with E-state index in [1.165, 1.54) is 19.2 Å². The van der Waals surface area contributed by atoms with Gasteiger partial charge < -0.3 is 15.8 Å². The lowest BCUT2D eigenvalue weighted by Gasteiger charge is -2.07. The minimum Gasteiger partial charge on any atom is -0.496 e. The normalized spacial score (nSPS) is 10.7. The standard InChI is InChI=1S/C13H20N4O3.HI/c1-3-4-7-15-13(14)16-9-10-8-11(17(18)19)5-6-12(10)20-2;/h5-6,8H,3-4,7,9H2,1-2H3,(H3,14,15,16);1H. The van der Waals surface area contributed by atoms with Crippen LogP contribution in [0.15, 0.2) is 23.2 Å². The van der Waals surface area contributed by atoms with Crippen LogP contribution in [0.25, 0.3) is 0 Å². The number of hydrogen-bond donors (Lipinski definition) is 2. The van der Waals surface area contributed by atoms with Gasteiger partial charge in [0.05, 0.1) is 18.6 Å². The summed E-state index contributed by atoms with van der Waals surface area (Å²) in [5.41, 5.74) is 6.35. The van der Waals surface area contributed by atoms with Gasteiger partial charge in [0.25, 0.3) is 5.69 Å². The number of halogens is 1. The summed E-state index contributed by atoms with van der Waals surface area (Å²) in [4.78, 5) is 14.5. The van der Waals surface area contributed by atoms with Crippen molar-refractivity contribution in [3.63, 3.8) is 0 Å². The highest BCUT2D eigenvalue weighted by atomic mass is 127. The number of hydrogen-bond acceptors (Lipinski definition) is 4. The van der Waals surface area contributed by atoms with Crippen molar-refractivity contribution < 1.29 is 9.66 Å². The number of rotatable bonds is 7. The zero-order valence-electron chi connectivity index (χ0n) is 12.2. The van der Waals surface area contributed by atoms with Crippen LogP contribution in [0, 0.1) is 10.1 Å². The summed E-state index contributed by atoms with van der Waals surface area (Å²) in [5.74, 6) is 0.882. The Morgan fingerprint density at radius 3 is 2.81 bits per heavy atom. The van der Waals surface area contributed by atoms with E-state index in [1.807, 2.05) is 0 Å². The van der Waals surface area contributed by atoms with Gasteiger partial charge in [0.1, 0.15) is 5.75 Å². The predicted molar refractivity (Wildman–Crippen MR) is 93.3 cm³/mol. The molecule has 1 rings (SSSR count).